The highest BCUT2D eigenvalue weighted by Crippen LogP contribution is 2.20. The molecule has 0 saturated heterocycles. The summed E-state index contributed by atoms with van der Waals surface area (Å²) in [5, 5.41) is 14.7. The minimum atomic E-state index is -3.91. The zero-order valence-corrected chi connectivity index (χ0v) is 10.6. The van der Waals surface area contributed by atoms with Crippen LogP contribution in [-0.2, 0) is 10.0 Å². The molecule has 8 heteroatoms. The summed E-state index contributed by atoms with van der Waals surface area (Å²) in [5.74, 6) is -0.816. The van der Waals surface area contributed by atoms with E-state index in [1.54, 1.807) is 6.07 Å². The van der Waals surface area contributed by atoms with Crippen LogP contribution in [0.5, 0.6) is 0 Å². The van der Waals surface area contributed by atoms with Crippen LogP contribution < -0.4 is 4.72 Å². The number of benzene rings is 1. The molecule has 0 bridgehead atoms. The van der Waals surface area contributed by atoms with Gasteiger partial charge in [-0.3, -0.25) is 9.82 Å². The molecular formula is C11H9FN4O2S. The molecule has 1 aromatic carbocycles. The number of aryl methyl sites for hydroxylation is 1. The summed E-state index contributed by atoms with van der Waals surface area (Å²) in [6, 6.07) is 5.24. The van der Waals surface area contributed by atoms with Crippen LogP contribution in [0, 0.1) is 24.1 Å². The number of H-pyrrole nitrogens is 1. The third-order valence-corrected chi connectivity index (χ3v) is 3.89. The predicted octanol–water partition coefficient (Wildman–Crippen LogP) is 1.53. The van der Waals surface area contributed by atoms with Crippen molar-refractivity contribution in [2.24, 2.45) is 0 Å². The lowest BCUT2D eigenvalue weighted by atomic mass is 10.2. The molecule has 0 spiro atoms. The van der Waals surface area contributed by atoms with E-state index in [2.05, 4.69) is 14.9 Å². The smallest absolute Gasteiger partial charge is 0.265 e. The van der Waals surface area contributed by atoms with Gasteiger partial charge in [-0.1, -0.05) is 0 Å². The zero-order chi connectivity index (χ0) is 14.0. The molecule has 2 aromatic rings. The molecule has 0 aliphatic rings. The molecule has 0 amide bonds. The Morgan fingerprint density at radius 3 is 2.74 bits per heavy atom. The van der Waals surface area contributed by atoms with Gasteiger partial charge >= 0.3 is 0 Å². The van der Waals surface area contributed by atoms with Crippen molar-refractivity contribution >= 4 is 15.7 Å². The summed E-state index contributed by atoms with van der Waals surface area (Å²) in [5.41, 5.74) is 0.237. The topological polar surface area (TPSA) is 98.6 Å². The van der Waals surface area contributed by atoms with E-state index >= 15 is 0 Å². The lowest BCUT2D eigenvalue weighted by molar-refractivity contribution is 0.598. The number of aromatic nitrogens is 2. The lowest BCUT2D eigenvalue weighted by Crippen LogP contribution is -2.14. The molecule has 0 radical (unpaired) electrons. The van der Waals surface area contributed by atoms with Gasteiger partial charge in [0.1, 0.15) is 10.7 Å². The number of rotatable bonds is 3. The summed E-state index contributed by atoms with van der Waals surface area (Å²) in [7, 11) is -3.91. The highest BCUT2D eigenvalue weighted by Gasteiger charge is 2.20. The molecule has 0 aliphatic heterocycles. The summed E-state index contributed by atoms with van der Waals surface area (Å²) in [6.45, 7) is 1.54. The second-order valence-corrected chi connectivity index (χ2v) is 5.42. The van der Waals surface area contributed by atoms with Gasteiger partial charge < -0.3 is 0 Å². The summed E-state index contributed by atoms with van der Waals surface area (Å²) in [4.78, 5) is -0.0590. The van der Waals surface area contributed by atoms with Gasteiger partial charge in [0, 0.05) is 0 Å². The molecule has 98 valence electrons. The normalized spacial score (nSPS) is 11.0. The second-order valence-electron chi connectivity index (χ2n) is 3.77. The fourth-order valence-electron chi connectivity index (χ4n) is 1.48. The Kier molecular flexibility index (Phi) is 3.23. The van der Waals surface area contributed by atoms with Crippen molar-refractivity contribution in [3.63, 3.8) is 0 Å². The SMILES string of the molecule is Cc1[nH]ncc1S(=O)(=O)Nc1ccc(C#N)cc1F. The minimum absolute atomic E-state index is 0.0590. The summed E-state index contributed by atoms with van der Waals surface area (Å²) in [6.07, 6.45) is 1.14. The Hall–Kier alpha value is -2.40. The predicted molar refractivity (Wildman–Crippen MR) is 65.2 cm³/mol. The summed E-state index contributed by atoms with van der Waals surface area (Å²) < 4.78 is 39.7. The molecule has 6 nitrogen and oxygen atoms in total. The molecule has 0 saturated carbocycles. The van der Waals surface area contributed by atoms with Crippen molar-refractivity contribution < 1.29 is 12.8 Å². The first-order valence-electron chi connectivity index (χ1n) is 5.16. The summed E-state index contributed by atoms with van der Waals surface area (Å²) >= 11 is 0. The molecule has 1 heterocycles. The van der Waals surface area contributed by atoms with Crippen LogP contribution in [0.15, 0.2) is 29.3 Å². The molecular weight excluding hydrogens is 271 g/mol. The maximum absolute atomic E-state index is 13.6. The fourth-order valence-corrected chi connectivity index (χ4v) is 2.68. The first kappa shape index (κ1) is 13.0. The highest BCUT2D eigenvalue weighted by atomic mass is 32.2. The number of nitrogens with zero attached hydrogens (tertiary/aromatic N) is 2. The van der Waals surface area contributed by atoms with Crippen molar-refractivity contribution in [1.29, 1.82) is 5.26 Å². The van der Waals surface area contributed by atoms with Gasteiger partial charge in [0.25, 0.3) is 10.0 Å². The van der Waals surface area contributed by atoms with Gasteiger partial charge in [-0.05, 0) is 25.1 Å². The third kappa shape index (κ3) is 2.56. The maximum atomic E-state index is 13.6. The average Bonchev–Trinajstić information content (AvgIpc) is 2.79. The molecule has 0 aliphatic carbocycles. The largest absolute Gasteiger partial charge is 0.281 e. The zero-order valence-electron chi connectivity index (χ0n) is 9.81. The van der Waals surface area contributed by atoms with E-state index in [9.17, 15) is 12.8 Å². The van der Waals surface area contributed by atoms with Gasteiger partial charge in [-0.15, -0.1) is 0 Å². The lowest BCUT2D eigenvalue weighted by Gasteiger charge is -2.08. The highest BCUT2D eigenvalue weighted by molar-refractivity contribution is 7.92. The number of sulfonamides is 1. The van der Waals surface area contributed by atoms with Crippen LogP contribution in [0.1, 0.15) is 11.3 Å². The van der Waals surface area contributed by atoms with Crippen LogP contribution in [0.3, 0.4) is 0 Å². The average molecular weight is 280 g/mol. The molecule has 2 rings (SSSR count). The van der Waals surface area contributed by atoms with Crippen LogP contribution in [0.25, 0.3) is 0 Å². The molecule has 0 fully saturated rings. The van der Waals surface area contributed by atoms with E-state index in [1.807, 2.05) is 0 Å². The fraction of sp³-hybridized carbons (Fsp3) is 0.0909. The maximum Gasteiger partial charge on any atom is 0.265 e. The van der Waals surface area contributed by atoms with Crippen molar-refractivity contribution in [2.75, 3.05) is 4.72 Å². The van der Waals surface area contributed by atoms with E-state index in [4.69, 9.17) is 5.26 Å². The van der Waals surface area contributed by atoms with E-state index in [0.29, 0.717) is 5.69 Å². The molecule has 2 N–H and O–H groups in total. The number of nitriles is 1. The Balaban J connectivity index is 2.37. The van der Waals surface area contributed by atoms with Crippen molar-refractivity contribution in [3.8, 4) is 6.07 Å². The number of anilines is 1. The van der Waals surface area contributed by atoms with Crippen LogP contribution in [-0.4, -0.2) is 18.6 Å². The van der Waals surface area contributed by atoms with Crippen LogP contribution in [0.2, 0.25) is 0 Å². The van der Waals surface area contributed by atoms with Gasteiger partial charge in [0.05, 0.1) is 29.2 Å². The third-order valence-electron chi connectivity index (χ3n) is 2.42. The Bertz CT molecular complexity index is 761. The van der Waals surface area contributed by atoms with E-state index < -0.39 is 15.8 Å². The van der Waals surface area contributed by atoms with Gasteiger partial charge in [-0.2, -0.15) is 10.4 Å². The Morgan fingerprint density at radius 1 is 1.47 bits per heavy atom. The number of hydrogen-bond donors (Lipinski definition) is 2. The van der Waals surface area contributed by atoms with Gasteiger partial charge in [0.15, 0.2) is 0 Å². The Labute approximate surface area is 108 Å². The van der Waals surface area contributed by atoms with Crippen LogP contribution >= 0.6 is 0 Å². The van der Waals surface area contributed by atoms with Gasteiger partial charge in [0.2, 0.25) is 0 Å². The van der Waals surface area contributed by atoms with Gasteiger partial charge in [-0.25, -0.2) is 12.8 Å². The van der Waals surface area contributed by atoms with Crippen molar-refractivity contribution in [3.05, 3.63) is 41.5 Å². The standard InChI is InChI=1S/C11H9FN4O2S/c1-7-11(6-14-15-7)19(17,18)16-10-3-2-8(5-13)4-9(10)12/h2-4,6,16H,1H3,(H,14,15). The Morgan fingerprint density at radius 2 is 2.21 bits per heavy atom. The number of halogens is 1. The van der Waals surface area contributed by atoms with E-state index in [0.717, 1.165) is 12.3 Å². The number of nitrogens with one attached hydrogen (secondary N) is 2. The number of aromatic amines is 1. The van der Waals surface area contributed by atoms with Crippen LogP contribution in [0.4, 0.5) is 10.1 Å². The monoisotopic (exact) mass is 280 g/mol. The first-order valence-corrected chi connectivity index (χ1v) is 6.65. The number of hydrogen-bond acceptors (Lipinski definition) is 4. The molecule has 1 aromatic heterocycles. The first-order chi connectivity index (χ1) is 8.94. The van der Waals surface area contributed by atoms with Crippen molar-refractivity contribution in [1.82, 2.24) is 10.2 Å². The van der Waals surface area contributed by atoms with E-state index in [-0.39, 0.29) is 16.1 Å². The van der Waals surface area contributed by atoms with Crippen molar-refractivity contribution in [2.45, 2.75) is 11.8 Å². The quantitative estimate of drug-likeness (QED) is 0.890. The van der Waals surface area contributed by atoms with E-state index in [1.165, 1.54) is 19.1 Å². The molecule has 0 unspecified atom stereocenters. The molecule has 19 heavy (non-hydrogen) atoms. The second kappa shape index (κ2) is 4.70. The minimum Gasteiger partial charge on any atom is -0.281 e. The molecule has 0 atom stereocenters.